The van der Waals surface area contributed by atoms with Crippen molar-refractivity contribution in [2.24, 2.45) is 0 Å². The molecule has 0 radical (unpaired) electrons. The molecule has 0 rings (SSSR count). The zero-order chi connectivity index (χ0) is 42.0. The van der Waals surface area contributed by atoms with Crippen LogP contribution in [0.2, 0.25) is 123 Å². The quantitative estimate of drug-likeness (QED) is 0.0482. The third-order valence-corrected chi connectivity index (χ3v) is 41.0. The lowest BCUT2D eigenvalue weighted by atomic mass is 10.1. The topological polar surface area (TPSA) is 105 Å². The fourth-order valence-electron chi connectivity index (χ4n) is 7.87. The van der Waals surface area contributed by atoms with Gasteiger partial charge in [-0.15, -0.1) is 0 Å². The second-order valence-electron chi connectivity index (χ2n) is 20.3. The van der Waals surface area contributed by atoms with E-state index in [1.165, 1.54) is 70.6 Å². The fraction of sp³-hybridized carbons (Fsp3) is 1.00. The summed E-state index contributed by atoms with van der Waals surface area (Å²) in [6.45, 7) is 38.7. The summed E-state index contributed by atoms with van der Waals surface area (Å²) in [6, 6.07) is 1.68. The molecule has 0 fully saturated rings. The maximum absolute atomic E-state index is 9.79. The summed E-state index contributed by atoms with van der Waals surface area (Å²) in [5.41, 5.74) is 0.808. The van der Waals surface area contributed by atoms with Gasteiger partial charge in [0.05, 0.1) is 13.2 Å². The number of hydrogen-bond acceptors (Lipinski definition) is 9. The van der Waals surface area contributed by atoms with Gasteiger partial charge in [-0.3, -0.25) is 0 Å². The van der Waals surface area contributed by atoms with Gasteiger partial charge in [0.2, 0.25) is 0 Å². The molecule has 0 aromatic heterocycles. The van der Waals surface area contributed by atoms with E-state index in [9.17, 15) is 10.2 Å². The predicted molar refractivity (Wildman–Crippen MR) is 250 cm³/mol. The molecule has 0 spiro atoms. The number of unbranched alkanes of at least 4 members (excludes halogenated alkanes) is 11. The Morgan fingerprint density at radius 1 is 0.444 bits per heavy atom. The van der Waals surface area contributed by atoms with Crippen molar-refractivity contribution in [3.63, 3.8) is 0 Å². The number of aliphatic hydroxyl groups excluding tert-OH is 2. The summed E-state index contributed by atoms with van der Waals surface area (Å²) in [6.07, 6.45) is 15.7. The first-order valence-corrected chi connectivity index (χ1v) is 45.3. The monoisotopic (exact) mass is 904 g/mol. The zero-order valence-electron chi connectivity index (χ0n) is 38.8. The van der Waals surface area contributed by atoms with E-state index in [4.69, 9.17) is 29.4 Å². The third kappa shape index (κ3) is 30.4. The summed E-state index contributed by atoms with van der Waals surface area (Å²) in [7, 11) is -19.1. The molecule has 0 aromatic rings. The molecular formula is C37H92O9Si8. The molecule has 4 unspecified atom stereocenters. The second-order valence-corrected chi connectivity index (χ2v) is 53.5. The third-order valence-electron chi connectivity index (χ3n) is 8.65. The summed E-state index contributed by atoms with van der Waals surface area (Å²) in [4.78, 5) is 0. The normalized spacial score (nSPS) is 17.6. The SMILES string of the molecule is CCCCCCCCCCCCCC[Si](C)(O[Si](C)(C)O[Si](C)(C)C)O[Si](C)(C[Si](C)(C)O[Si](C)(C)C)O[Si](C)(CCCOCC(O)CO)O[Si](C)(C)C. The minimum Gasteiger partial charge on any atom is -0.456 e. The lowest BCUT2D eigenvalue weighted by Gasteiger charge is -2.47. The molecule has 0 amide bonds. The summed E-state index contributed by atoms with van der Waals surface area (Å²) < 4.78 is 49.1. The molecule has 0 aliphatic rings. The Hall–Kier alpha value is 1.38. The van der Waals surface area contributed by atoms with E-state index in [1.54, 1.807) is 0 Å². The van der Waals surface area contributed by atoms with E-state index in [1.807, 2.05) is 0 Å². The highest BCUT2D eigenvalue weighted by molar-refractivity contribution is 6.98. The molecular weight excluding hydrogens is 813 g/mol. The predicted octanol–water partition coefficient (Wildman–Crippen LogP) is 11.7. The van der Waals surface area contributed by atoms with Gasteiger partial charge in [0.25, 0.3) is 0 Å². The van der Waals surface area contributed by atoms with Gasteiger partial charge in [-0.2, -0.15) is 0 Å². The lowest BCUT2D eigenvalue weighted by molar-refractivity contribution is 0.00623. The van der Waals surface area contributed by atoms with Crippen molar-refractivity contribution < 1.29 is 39.6 Å². The Morgan fingerprint density at radius 3 is 1.28 bits per heavy atom. The van der Waals surface area contributed by atoms with Crippen molar-refractivity contribution in [1.29, 1.82) is 0 Å². The van der Waals surface area contributed by atoms with Gasteiger partial charge in [0, 0.05) is 12.3 Å². The van der Waals surface area contributed by atoms with Gasteiger partial charge in [0.15, 0.2) is 33.3 Å². The average molecular weight is 906 g/mol. The van der Waals surface area contributed by atoms with E-state index in [-0.39, 0.29) is 13.2 Å². The van der Waals surface area contributed by atoms with Crippen LogP contribution in [0.1, 0.15) is 90.4 Å². The highest BCUT2D eigenvalue weighted by atomic mass is 28.5. The maximum atomic E-state index is 9.79. The summed E-state index contributed by atoms with van der Waals surface area (Å²) in [5.74, 6) is 0. The van der Waals surface area contributed by atoms with Crippen LogP contribution in [-0.2, 0) is 29.4 Å². The molecule has 326 valence electrons. The molecule has 0 aromatic carbocycles. The first kappa shape index (κ1) is 55.4. The van der Waals surface area contributed by atoms with E-state index >= 15 is 0 Å². The van der Waals surface area contributed by atoms with Gasteiger partial charge < -0.3 is 39.6 Å². The minimum atomic E-state index is -2.99. The van der Waals surface area contributed by atoms with Gasteiger partial charge in [-0.25, -0.2) is 0 Å². The van der Waals surface area contributed by atoms with E-state index < -0.39 is 73.6 Å². The molecule has 0 saturated carbocycles. The van der Waals surface area contributed by atoms with Crippen molar-refractivity contribution in [1.82, 2.24) is 0 Å². The number of ether oxygens (including phenoxy) is 1. The molecule has 0 aliphatic carbocycles. The van der Waals surface area contributed by atoms with E-state index in [2.05, 4.69) is 112 Å². The Bertz CT molecular complexity index is 994. The minimum absolute atomic E-state index is 0.119. The molecule has 54 heavy (non-hydrogen) atoms. The van der Waals surface area contributed by atoms with E-state index in [0.29, 0.717) is 6.61 Å². The molecule has 0 heterocycles. The molecule has 2 N–H and O–H groups in total. The van der Waals surface area contributed by atoms with Crippen LogP contribution in [0.25, 0.3) is 0 Å². The van der Waals surface area contributed by atoms with E-state index in [0.717, 1.165) is 30.6 Å². The van der Waals surface area contributed by atoms with Crippen LogP contribution in [0.5, 0.6) is 0 Å². The Balaban J connectivity index is 6.38. The highest BCUT2D eigenvalue weighted by Crippen LogP contribution is 2.37. The lowest BCUT2D eigenvalue weighted by Crippen LogP contribution is -2.64. The summed E-state index contributed by atoms with van der Waals surface area (Å²) >= 11 is 0. The van der Waals surface area contributed by atoms with Crippen LogP contribution in [0.3, 0.4) is 0 Å². The fourth-order valence-corrected chi connectivity index (χ4v) is 51.5. The van der Waals surface area contributed by atoms with Crippen molar-refractivity contribution in [2.75, 3.05) is 19.8 Å². The highest BCUT2D eigenvalue weighted by Gasteiger charge is 2.54. The second kappa shape index (κ2) is 25.2. The van der Waals surface area contributed by atoms with Gasteiger partial charge in [0.1, 0.15) is 6.10 Å². The first-order chi connectivity index (χ1) is 24.5. The smallest absolute Gasteiger partial charge is 0.317 e. The molecule has 0 aliphatic heterocycles. The number of hydrogen-bond donors (Lipinski definition) is 2. The van der Waals surface area contributed by atoms with Gasteiger partial charge in [-0.1, -0.05) is 84.0 Å². The zero-order valence-corrected chi connectivity index (χ0v) is 46.8. The number of rotatable bonds is 34. The van der Waals surface area contributed by atoms with Gasteiger partial charge >= 0.3 is 34.2 Å². The van der Waals surface area contributed by atoms with Crippen LogP contribution >= 0.6 is 0 Å². The van der Waals surface area contributed by atoms with Crippen molar-refractivity contribution in [3.05, 3.63) is 0 Å². The van der Waals surface area contributed by atoms with Crippen LogP contribution in [0.15, 0.2) is 0 Å². The molecule has 9 nitrogen and oxygen atoms in total. The Morgan fingerprint density at radius 2 is 0.852 bits per heavy atom. The van der Waals surface area contributed by atoms with Crippen LogP contribution in [-0.4, -0.2) is 104 Å². The van der Waals surface area contributed by atoms with Crippen molar-refractivity contribution in [3.8, 4) is 0 Å². The van der Waals surface area contributed by atoms with Crippen LogP contribution < -0.4 is 0 Å². The average Bonchev–Trinajstić information content (AvgIpc) is 2.92. The maximum Gasteiger partial charge on any atom is 0.317 e. The summed E-state index contributed by atoms with van der Waals surface area (Å²) in [5, 5.41) is 19.0. The molecule has 0 bridgehead atoms. The first-order valence-electron chi connectivity index (χ1n) is 21.5. The molecule has 17 heteroatoms. The van der Waals surface area contributed by atoms with Gasteiger partial charge in [-0.05, 0) is 123 Å². The number of aliphatic hydroxyl groups is 2. The Labute approximate surface area is 344 Å². The van der Waals surface area contributed by atoms with Crippen molar-refractivity contribution >= 4 is 67.5 Å². The largest absolute Gasteiger partial charge is 0.456 e. The standard InChI is InChI=1S/C37H92O9Si8/c1-18-19-20-21-22-23-24-25-26-27-28-29-32-53(16,44-51(13,14)42-48(5,6)7)46-54(17,36-50(11,12)41-47(2,3)4)45-52(15,43-49(8,9)10)33-30-31-40-35-37(39)34-38/h37-39H,18-36H2,1-17H3. The van der Waals surface area contributed by atoms with Crippen LogP contribution in [0, 0.1) is 0 Å². The van der Waals surface area contributed by atoms with Crippen LogP contribution in [0.4, 0.5) is 0 Å². The van der Waals surface area contributed by atoms with Crippen molar-refractivity contribution in [2.45, 2.75) is 219 Å². The molecule has 0 saturated heterocycles. The molecule has 4 atom stereocenters. The Kier molecular flexibility index (Phi) is 25.9.